The van der Waals surface area contributed by atoms with Crippen LogP contribution in [0.1, 0.15) is 50.1 Å². The van der Waals surface area contributed by atoms with Crippen LogP contribution in [0.25, 0.3) is 0 Å². The largest absolute Gasteiger partial charge is 0.492 e. The number of hydrogen-bond acceptors (Lipinski definition) is 4. The average molecular weight is 288 g/mol. The van der Waals surface area contributed by atoms with Gasteiger partial charge in [0, 0.05) is 18.2 Å². The van der Waals surface area contributed by atoms with E-state index in [4.69, 9.17) is 9.15 Å². The summed E-state index contributed by atoms with van der Waals surface area (Å²) in [7, 11) is 0. The molecule has 1 N–H and O–H groups in total. The van der Waals surface area contributed by atoms with Gasteiger partial charge in [0.05, 0.1) is 25.1 Å². The molecule has 4 nitrogen and oxygen atoms in total. The fourth-order valence-corrected chi connectivity index (χ4v) is 2.43. The van der Waals surface area contributed by atoms with E-state index in [1.807, 2.05) is 19.2 Å². The molecular weight excluding hydrogens is 264 g/mol. The summed E-state index contributed by atoms with van der Waals surface area (Å²) in [4.78, 5) is 4.30. The highest BCUT2D eigenvalue weighted by atomic mass is 16.5. The van der Waals surface area contributed by atoms with Crippen LogP contribution in [-0.2, 0) is 6.42 Å². The molecule has 1 unspecified atom stereocenters. The highest BCUT2D eigenvalue weighted by Gasteiger charge is 2.19. The van der Waals surface area contributed by atoms with Crippen LogP contribution >= 0.6 is 0 Å². The molecule has 0 aliphatic rings. The van der Waals surface area contributed by atoms with Gasteiger partial charge >= 0.3 is 0 Å². The summed E-state index contributed by atoms with van der Waals surface area (Å²) in [5.41, 5.74) is 2.28. The molecule has 2 aromatic rings. The van der Waals surface area contributed by atoms with Crippen molar-refractivity contribution in [2.75, 3.05) is 13.2 Å². The molecule has 0 bridgehead atoms. The number of hydrogen-bond donors (Lipinski definition) is 1. The van der Waals surface area contributed by atoms with Gasteiger partial charge in [-0.2, -0.15) is 0 Å². The Hall–Kier alpha value is -1.81. The van der Waals surface area contributed by atoms with Crippen molar-refractivity contribution >= 4 is 0 Å². The molecule has 2 aromatic heterocycles. The van der Waals surface area contributed by atoms with Crippen molar-refractivity contribution in [3.63, 3.8) is 0 Å². The van der Waals surface area contributed by atoms with Crippen LogP contribution in [0.4, 0.5) is 0 Å². The van der Waals surface area contributed by atoms with E-state index in [1.165, 1.54) is 5.56 Å². The molecule has 0 spiro atoms. The van der Waals surface area contributed by atoms with E-state index in [0.717, 1.165) is 36.5 Å². The third kappa shape index (κ3) is 3.85. The Morgan fingerprint density at radius 2 is 2.14 bits per heavy atom. The second-order valence-corrected chi connectivity index (χ2v) is 4.93. The molecule has 0 fully saturated rings. The maximum Gasteiger partial charge on any atom is 0.137 e. The summed E-state index contributed by atoms with van der Waals surface area (Å²) >= 11 is 0. The maximum absolute atomic E-state index is 5.58. The summed E-state index contributed by atoms with van der Waals surface area (Å²) in [6.07, 6.45) is 7.36. The second kappa shape index (κ2) is 7.84. The average Bonchev–Trinajstić information content (AvgIpc) is 2.97. The molecule has 114 valence electrons. The summed E-state index contributed by atoms with van der Waals surface area (Å²) < 4.78 is 11.1. The number of nitrogens with zero attached hydrogens (tertiary/aromatic N) is 1. The van der Waals surface area contributed by atoms with Crippen LogP contribution in [0.5, 0.6) is 5.75 Å². The van der Waals surface area contributed by atoms with E-state index in [0.29, 0.717) is 6.61 Å². The van der Waals surface area contributed by atoms with Gasteiger partial charge < -0.3 is 14.5 Å². The minimum Gasteiger partial charge on any atom is -0.492 e. The number of aromatic nitrogens is 1. The molecule has 0 aliphatic heterocycles. The first kappa shape index (κ1) is 15.6. The maximum atomic E-state index is 5.58. The van der Waals surface area contributed by atoms with Crippen molar-refractivity contribution in [3.05, 3.63) is 47.7 Å². The molecule has 0 saturated carbocycles. The van der Waals surface area contributed by atoms with Crippen LogP contribution in [0, 0.1) is 0 Å². The van der Waals surface area contributed by atoms with Gasteiger partial charge in [0.1, 0.15) is 11.5 Å². The van der Waals surface area contributed by atoms with E-state index in [1.54, 1.807) is 12.5 Å². The van der Waals surface area contributed by atoms with E-state index in [-0.39, 0.29) is 6.04 Å². The zero-order valence-electron chi connectivity index (χ0n) is 13.1. The second-order valence-electron chi connectivity index (χ2n) is 4.93. The van der Waals surface area contributed by atoms with Crippen LogP contribution in [0.15, 0.2) is 35.2 Å². The summed E-state index contributed by atoms with van der Waals surface area (Å²) in [6.45, 7) is 7.83. The van der Waals surface area contributed by atoms with Crippen molar-refractivity contribution in [3.8, 4) is 5.75 Å². The van der Waals surface area contributed by atoms with E-state index in [2.05, 4.69) is 30.2 Å². The van der Waals surface area contributed by atoms with Gasteiger partial charge in [0.25, 0.3) is 0 Å². The van der Waals surface area contributed by atoms with Crippen molar-refractivity contribution in [1.29, 1.82) is 0 Å². The monoisotopic (exact) mass is 288 g/mol. The van der Waals surface area contributed by atoms with Gasteiger partial charge in [0.2, 0.25) is 0 Å². The predicted molar refractivity (Wildman–Crippen MR) is 83.6 cm³/mol. The Balaban J connectivity index is 2.33. The van der Waals surface area contributed by atoms with Crippen molar-refractivity contribution in [2.45, 2.75) is 39.7 Å². The molecule has 4 heteroatoms. The van der Waals surface area contributed by atoms with Gasteiger partial charge in [-0.1, -0.05) is 13.8 Å². The first-order valence-corrected chi connectivity index (χ1v) is 7.67. The van der Waals surface area contributed by atoms with Gasteiger partial charge in [-0.25, -0.2) is 0 Å². The molecule has 0 amide bonds. The van der Waals surface area contributed by atoms with E-state index in [9.17, 15) is 0 Å². The Morgan fingerprint density at radius 3 is 2.86 bits per heavy atom. The quantitative estimate of drug-likeness (QED) is 0.804. The zero-order chi connectivity index (χ0) is 15.1. The Kier molecular flexibility index (Phi) is 5.81. The first-order chi connectivity index (χ1) is 10.3. The lowest BCUT2D eigenvalue weighted by Gasteiger charge is -2.19. The standard InChI is InChI=1S/C17H24N2O2/c1-4-8-19-17(15-7-9-21-16(15)5-2)13-10-14(20-6-3)12-18-11-13/h7,9-12,17,19H,4-6,8H2,1-3H3. The lowest BCUT2D eigenvalue weighted by atomic mass is 9.99. The first-order valence-electron chi connectivity index (χ1n) is 7.67. The van der Waals surface area contributed by atoms with Crippen LogP contribution in [-0.4, -0.2) is 18.1 Å². The lowest BCUT2D eigenvalue weighted by Crippen LogP contribution is -2.23. The smallest absolute Gasteiger partial charge is 0.137 e. The molecule has 0 saturated heterocycles. The predicted octanol–water partition coefficient (Wildman–Crippen LogP) is 3.72. The highest BCUT2D eigenvalue weighted by molar-refractivity contribution is 5.35. The summed E-state index contributed by atoms with van der Waals surface area (Å²) in [5.74, 6) is 1.82. The third-order valence-electron chi connectivity index (χ3n) is 3.39. The van der Waals surface area contributed by atoms with Gasteiger partial charge in [-0.05, 0) is 37.6 Å². The summed E-state index contributed by atoms with van der Waals surface area (Å²) in [6, 6.07) is 4.18. The SMILES string of the molecule is CCCNC(c1cncc(OCC)c1)c1ccoc1CC. The Bertz CT molecular complexity index is 551. The number of nitrogens with one attached hydrogen (secondary N) is 1. The molecule has 21 heavy (non-hydrogen) atoms. The Labute approximate surface area is 126 Å². The van der Waals surface area contributed by atoms with Crippen molar-refractivity contribution < 1.29 is 9.15 Å². The minimum absolute atomic E-state index is 0.0894. The van der Waals surface area contributed by atoms with Gasteiger partial charge in [0.15, 0.2) is 0 Å². The van der Waals surface area contributed by atoms with E-state index >= 15 is 0 Å². The van der Waals surface area contributed by atoms with Gasteiger partial charge in [-0.15, -0.1) is 0 Å². The fraction of sp³-hybridized carbons (Fsp3) is 0.471. The van der Waals surface area contributed by atoms with Crippen LogP contribution in [0.3, 0.4) is 0 Å². The molecular formula is C17H24N2O2. The normalized spacial score (nSPS) is 12.3. The molecule has 2 rings (SSSR count). The third-order valence-corrected chi connectivity index (χ3v) is 3.39. The molecule has 2 heterocycles. The summed E-state index contributed by atoms with van der Waals surface area (Å²) in [5, 5.41) is 3.58. The van der Waals surface area contributed by atoms with Crippen LogP contribution in [0.2, 0.25) is 0 Å². The molecule has 0 aliphatic carbocycles. The number of pyridine rings is 1. The van der Waals surface area contributed by atoms with Gasteiger partial charge in [-0.3, -0.25) is 4.98 Å². The number of furan rings is 1. The highest BCUT2D eigenvalue weighted by Crippen LogP contribution is 2.28. The van der Waals surface area contributed by atoms with Crippen molar-refractivity contribution in [2.24, 2.45) is 0 Å². The molecule has 0 aromatic carbocycles. The fourth-order valence-electron chi connectivity index (χ4n) is 2.43. The lowest BCUT2D eigenvalue weighted by molar-refractivity contribution is 0.338. The number of aryl methyl sites for hydroxylation is 1. The van der Waals surface area contributed by atoms with Crippen LogP contribution < -0.4 is 10.1 Å². The topological polar surface area (TPSA) is 47.3 Å². The molecule has 1 atom stereocenters. The molecule has 0 radical (unpaired) electrons. The number of ether oxygens (including phenoxy) is 1. The number of rotatable bonds is 8. The Morgan fingerprint density at radius 1 is 1.29 bits per heavy atom. The van der Waals surface area contributed by atoms with E-state index < -0.39 is 0 Å². The zero-order valence-corrected chi connectivity index (χ0v) is 13.1. The van der Waals surface area contributed by atoms with Crippen molar-refractivity contribution in [1.82, 2.24) is 10.3 Å². The minimum atomic E-state index is 0.0894.